The van der Waals surface area contributed by atoms with E-state index in [0.717, 1.165) is 25.2 Å². The number of anilines is 1. The molecule has 1 aliphatic heterocycles. The van der Waals surface area contributed by atoms with Crippen molar-refractivity contribution in [1.29, 1.82) is 0 Å². The molecule has 0 unspecified atom stereocenters. The minimum absolute atomic E-state index is 0.176. The molecule has 0 atom stereocenters. The minimum Gasteiger partial charge on any atom is -0.348 e. The van der Waals surface area contributed by atoms with Gasteiger partial charge in [0.05, 0.1) is 0 Å². The number of sulfonamides is 1. The van der Waals surface area contributed by atoms with Crippen LogP contribution in [0.15, 0.2) is 82.1 Å². The van der Waals surface area contributed by atoms with Gasteiger partial charge in [-0.2, -0.15) is 8.42 Å². The standard InChI is InChI=1S/C26H28N4O3S/c1-3-30(4-2)18-20-11-9-19(10-12-20)17-27-26(31)21-13-15-22(16-14-21)28-25-23-7-5-6-8-24(23)34(32,33)29-25/h5-16H,3-4,17-18H2,1-2H3,(H,27,31)(H,28,29). The number of amides is 1. The third kappa shape index (κ3) is 5.35. The second kappa shape index (κ2) is 10.2. The van der Waals surface area contributed by atoms with E-state index < -0.39 is 10.0 Å². The summed E-state index contributed by atoms with van der Waals surface area (Å²) in [6.45, 7) is 7.71. The van der Waals surface area contributed by atoms with Crippen LogP contribution >= 0.6 is 0 Å². The molecule has 0 saturated heterocycles. The van der Waals surface area contributed by atoms with Crippen LogP contribution in [0.25, 0.3) is 0 Å². The Bertz CT molecular complexity index is 1300. The van der Waals surface area contributed by atoms with Gasteiger partial charge in [0.1, 0.15) is 4.90 Å². The Balaban J connectivity index is 1.34. The summed E-state index contributed by atoms with van der Waals surface area (Å²) < 4.78 is 28.2. The lowest BCUT2D eigenvalue weighted by atomic mass is 10.1. The molecule has 3 aromatic carbocycles. The first-order chi connectivity index (χ1) is 16.4. The number of carbonyl (C=O) groups excluding carboxylic acids is 1. The maximum atomic E-state index is 12.6. The second-order valence-electron chi connectivity index (χ2n) is 8.07. The van der Waals surface area contributed by atoms with Gasteiger partial charge < -0.3 is 10.6 Å². The van der Waals surface area contributed by atoms with Gasteiger partial charge in [-0.3, -0.25) is 9.69 Å². The van der Waals surface area contributed by atoms with Crippen LogP contribution in [0, 0.1) is 0 Å². The number of amidine groups is 1. The molecule has 0 saturated carbocycles. The average molecular weight is 477 g/mol. The van der Waals surface area contributed by atoms with Crippen LogP contribution < -0.4 is 10.6 Å². The Hall–Kier alpha value is -3.49. The molecule has 1 heterocycles. The Morgan fingerprint density at radius 1 is 0.882 bits per heavy atom. The first-order valence-corrected chi connectivity index (χ1v) is 12.7. The Kier molecular flexibility index (Phi) is 7.09. The second-order valence-corrected chi connectivity index (χ2v) is 9.65. The van der Waals surface area contributed by atoms with E-state index in [4.69, 9.17) is 0 Å². The SMILES string of the molecule is CCN(CC)Cc1ccc(CNC(=O)c2ccc(NC3=NS(=O)(=O)c4ccccc43)cc2)cc1. The zero-order chi connectivity index (χ0) is 24.1. The monoisotopic (exact) mass is 476 g/mol. The van der Waals surface area contributed by atoms with Gasteiger partial charge in [-0.15, -0.1) is 4.40 Å². The summed E-state index contributed by atoms with van der Waals surface area (Å²) in [4.78, 5) is 15.1. The van der Waals surface area contributed by atoms with Crippen molar-refractivity contribution in [2.75, 3.05) is 18.4 Å². The summed E-state index contributed by atoms with van der Waals surface area (Å²) in [7, 11) is -3.68. The summed E-state index contributed by atoms with van der Waals surface area (Å²) in [6.07, 6.45) is 0. The molecule has 3 aromatic rings. The van der Waals surface area contributed by atoms with Crippen molar-refractivity contribution >= 4 is 27.5 Å². The highest BCUT2D eigenvalue weighted by molar-refractivity contribution is 7.90. The minimum atomic E-state index is -3.68. The number of fused-ring (bicyclic) bond motifs is 1. The third-order valence-corrected chi connectivity index (χ3v) is 7.15. The molecular weight excluding hydrogens is 448 g/mol. The van der Waals surface area contributed by atoms with Crippen LogP contribution in [0.3, 0.4) is 0 Å². The van der Waals surface area contributed by atoms with Gasteiger partial charge in [0.2, 0.25) is 0 Å². The normalized spacial score (nSPS) is 13.9. The van der Waals surface area contributed by atoms with Crippen molar-refractivity contribution < 1.29 is 13.2 Å². The fourth-order valence-corrected chi connectivity index (χ4v) is 4.97. The fourth-order valence-electron chi connectivity index (χ4n) is 3.79. The van der Waals surface area contributed by atoms with Crippen LogP contribution in [0.1, 0.15) is 40.9 Å². The van der Waals surface area contributed by atoms with E-state index >= 15 is 0 Å². The van der Waals surface area contributed by atoms with Crippen molar-refractivity contribution in [2.24, 2.45) is 4.40 Å². The van der Waals surface area contributed by atoms with Gasteiger partial charge in [0, 0.05) is 29.9 Å². The predicted octanol–water partition coefficient (Wildman–Crippen LogP) is 4.02. The topological polar surface area (TPSA) is 90.9 Å². The van der Waals surface area contributed by atoms with Gasteiger partial charge in [-0.05, 0) is 60.6 Å². The molecule has 176 valence electrons. The predicted molar refractivity (Wildman–Crippen MR) is 134 cm³/mol. The molecule has 7 nitrogen and oxygen atoms in total. The van der Waals surface area contributed by atoms with Crippen LogP contribution in [0.2, 0.25) is 0 Å². The molecule has 0 spiro atoms. The van der Waals surface area contributed by atoms with E-state index in [1.54, 1.807) is 42.5 Å². The smallest absolute Gasteiger partial charge is 0.285 e. The van der Waals surface area contributed by atoms with Crippen LogP contribution in [-0.4, -0.2) is 38.2 Å². The molecule has 0 bridgehead atoms. The van der Waals surface area contributed by atoms with Crippen molar-refractivity contribution in [1.82, 2.24) is 10.2 Å². The van der Waals surface area contributed by atoms with E-state index in [1.807, 2.05) is 12.1 Å². The van der Waals surface area contributed by atoms with Crippen molar-refractivity contribution in [3.8, 4) is 0 Å². The number of nitrogens with one attached hydrogen (secondary N) is 2. The summed E-state index contributed by atoms with van der Waals surface area (Å²) in [5.74, 6) is 0.0992. The van der Waals surface area contributed by atoms with Gasteiger partial charge >= 0.3 is 0 Å². The molecule has 0 radical (unpaired) electrons. The van der Waals surface area contributed by atoms with Gasteiger partial charge in [-0.1, -0.05) is 50.2 Å². The first-order valence-electron chi connectivity index (χ1n) is 11.3. The molecule has 8 heteroatoms. The summed E-state index contributed by atoms with van der Waals surface area (Å²) in [5.41, 5.74) is 3.99. The maximum Gasteiger partial charge on any atom is 0.285 e. The summed E-state index contributed by atoms with van der Waals surface area (Å²) >= 11 is 0. The van der Waals surface area contributed by atoms with E-state index in [2.05, 4.69) is 45.9 Å². The number of nitrogens with zero attached hydrogens (tertiary/aromatic N) is 2. The van der Waals surface area contributed by atoms with Crippen molar-refractivity contribution in [3.05, 3.63) is 95.1 Å². The maximum absolute atomic E-state index is 12.6. The highest BCUT2D eigenvalue weighted by Gasteiger charge is 2.28. The molecular formula is C26H28N4O3S. The van der Waals surface area contributed by atoms with Crippen LogP contribution in [-0.2, 0) is 23.1 Å². The lowest BCUT2D eigenvalue weighted by Crippen LogP contribution is -2.23. The van der Waals surface area contributed by atoms with E-state index in [9.17, 15) is 13.2 Å². The third-order valence-electron chi connectivity index (χ3n) is 5.82. The fraction of sp³-hybridized carbons (Fsp3) is 0.231. The number of rotatable bonds is 8. The van der Waals surface area contributed by atoms with Gasteiger partial charge in [0.15, 0.2) is 5.84 Å². The first kappa shape index (κ1) is 23.7. The average Bonchev–Trinajstić information content (AvgIpc) is 3.12. The molecule has 4 rings (SSSR count). The van der Waals surface area contributed by atoms with E-state index in [0.29, 0.717) is 23.4 Å². The molecule has 1 aliphatic rings. The largest absolute Gasteiger partial charge is 0.348 e. The number of carbonyl (C=O) groups is 1. The Labute approximate surface area is 200 Å². The Morgan fingerprint density at radius 3 is 2.21 bits per heavy atom. The van der Waals surface area contributed by atoms with E-state index in [1.165, 1.54) is 11.6 Å². The van der Waals surface area contributed by atoms with Crippen molar-refractivity contribution in [2.45, 2.75) is 31.8 Å². The molecule has 0 aliphatic carbocycles. The number of hydrogen-bond donors (Lipinski definition) is 2. The van der Waals surface area contributed by atoms with Gasteiger partial charge in [0.25, 0.3) is 15.9 Å². The van der Waals surface area contributed by atoms with Crippen molar-refractivity contribution in [3.63, 3.8) is 0 Å². The van der Waals surface area contributed by atoms with Gasteiger partial charge in [-0.25, -0.2) is 0 Å². The Morgan fingerprint density at radius 2 is 1.53 bits per heavy atom. The van der Waals surface area contributed by atoms with Crippen LogP contribution in [0.5, 0.6) is 0 Å². The lowest BCUT2D eigenvalue weighted by Gasteiger charge is -2.18. The number of benzene rings is 3. The molecule has 34 heavy (non-hydrogen) atoms. The molecule has 2 N–H and O–H groups in total. The highest BCUT2D eigenvalue weighted by atomic mass is 32.2. The van der Waals surface area contributed by atoms with E-state index in [-0.39, 0.29) is 16.6 Å². The zero-order valence-corrected chi connectivity index (χ0v) is 20.1. The summed E-state index contributed by atoms with van der Waals surface area (Å²) in [6, 6.07) is 21.8. The van der Waals surface area contributed by atoms with Crippen LogP contribution in [0.4, 0.5) is 5.69 Å². The summed E-state index contributed by atoms with van der Waals surface area (Å²) in [5, 5.41) is 5.98. The molecule has 0 aromatic heterocycles. The zero-order valence-electron chi connectivity index (χ0n) is 19.3. The lowest BCUT2D eigenvalue weighted by molar-refractivity contribution is 0.0951. The molecule has 1 amide bonds. The quantitative estimate of drug-likeness (QED) is 0.513. The highest BCUT2D eigenvalue weighted by Crippen LogP contribution is 2.26. The number of hydrogen-bond acceptors (Lipinski definition) is 5. The molecule has 0 fully saturated rings.